The van der Waals surface area contributed by atoms with Crippen LogP contribution < -0.4 is 5.32 Å². The molecule has 262 valence electrons. The van der Waals surface area contributed by atoms with Gasteiger partial charge < -0.3 is 19.9 Å². The Bertz CT molecular complexity index is 2200. The monoisotopic (exact) mass is 704 g/mol. The van der Waals surface area contributed by atoms with E-state index in [0.29, 0.717) is 53.9 Å². The van der Waals surface area contributed by atoms with E-state index in [1.54, 1.807) is 6.20 Å². The number of nitrogens with one attached hydrogen (secondary N) is 1. The van der Waals surface area contributed by atoms with E-state index in [1.165, 1.54) is 5.56 Å². The number of hydrogen-bond donors (Lipinski definition) is 3. The van der Waals surface area contributed by atoms with Gasteiger partial charge in [-0.25, -0.2) is 9.97 Å². The van der Waals surface area contributed by atoms with Gasteiger partial charge in [-0.05, 0) is 84.5 Å². The number of fused-ring (bicyclic) bond motifs is 2. The van der Waals surface area contributed by atoms with Crippen LogP contribution in [0.25, 0.3) is 27.6 Å². The van der Waals surface area contributed by atoms with Crippen molar-refractivity contribution in [2.24, 2.45) is 11.8 Å². The summed E-state index contributed by atoms with van der Waals surface area (Å²) in [6, 6.07) is 16.4. The average molecular weight is 705 g/mol. The van der Waals surface area contributed by atoms with Crippen molar-refractivity contribution in [1.29, 1.82) is 0 Å². The van der Waals surface area contributed by atoms with Crippen LogP contribution in [-0.4, -0.2) is 73.2 Å². The summed E-state index contributed by atoms with van der Waals surface area (Å²) >= 11 is 6.89. The van der Waals surface area contributed by atoms with Crippen molar-refractivity contribution in [3.63, 3.8) is 0 Å². The predicted octanol–water partition coefficient (Wildman–Crippen LogP) is 6.80. The van der Waals surface area contributed by atoms with Crippen LogP contribution in [0.4, 0.5) is 5.82 Å². The topological polar surface area (TPSA) is 128 Å². The minimum Gasteiger partial charge on any atom is -0.481 e. The molecule has 2 aromatic carbocycles. The number of carboxylic acids is 1. The lowest BCUT2D eigenvalue weighted by molar-refractivity contribution is -0.141. The first kappa shape index (κ1) is 33.5. The first-order valence-corrected chi connectivity index (χ1v) is 18.0. The van der Waals surface area contributed by atoms with Crippen LogP contribution in [0.5, 0.6) is 0 Å². The lowest BCUT2D eigenvalue weighted by Crippen LogP contribution is -2.42. The third-order valence-corrected chi connectivity index (χ3v) is 11.0. The highest BCUT2D eigenvalue weighted by molar-refractivity contribution is 6.34. The molecule has 5 heterocycles. The molecule has 2 fully saturated rings. The molecule has 3 aliphatic rings. The summed E-state index contributed by atoms with van der Waals surface area (Å²) in [7, 11) is 0. The largest absolute Gasteiger partial charge is 0.481 e. The minimum atomic E-state index is -0.966. The van der Waals surface area contributed by atoms with Gasteiger partial charge in [0, 0.05) is 56.4 Å². The second-order valence-electron chi connectivity index (χ2n) is 14.3. The molecule has 3 aromatic heterocycles. The molecule has 8 rings (SSSR count). The Morgan fingerprint density at radius 3 is 2.65 bits per heavy atom. The van der Waals surface area contributed by atoms with E-state index in [9.17, 15) is 15.0 Å². The number of rotatable bonds is 9. The van der Waals surface area contributed by atoms with Crippen molar-refractivity contribution < 1.29 is 19.4 Å². The SMILES string of the molecule is Cc1ccccc1C1=CC=CC(Nc2nccc3cc(CN4CC[C@@H](O)C4)cnc23)(c2nc3cc(CN4CC[C@H](C(=O)O)C4)cc(Cl)c3o2)C1C. The third-order valence-electron chi connectivity index (χ3n) is 10.8. The van der Waals surface area contributed by atoms with E-state index in [-0.39, 0.29) is 17.9 Å². The fourth-order valence-corrected chi connectivity index (χ4v) is 8.24. The van der Waals surface area contributed by atoms with Crippen molar-refractivity contribution in [3.8, 4) is 0 Å². The summed E-state index contributed by atoms with van der Waals surface area (Å²) < 4.78 is 6.64. The number of aliphatic hydroxyl groups is 1. The average Bonchev–Trinajstić information content (AvgIpc) is 3.87. The molecule has 0 saturated carbocycles. The van der Waals surface area contributed by atoms with Gasteiger partial charge in [-0.2, -0.15) is 0 Å². The predicted molar refractivity (Wildman–Crippen MR) is 198 cm³/mol. The first-order valence-electron chi connectivity index (χ1n) is 17.6. The Morgan fingerprint density at radius 1 is 1.06 bits per heavy atom. The molecule has 4 atom stereocenters. The summed E-state index contributed by atoms with van der Waals surface area (Å²) in [6.45, 7) is 8.35. The van der Waals surface area contributed by atoms with E-state index in [2.05, 4.69) is 65.4 Å². The van der Waals surface area contributed by atoms with Crippen molar-refractivity contribution >= 4 is 51.0 Å². The molecule has 5 aromatic rings. The normalized spacial score (nSPS) is 24.1. The molecule has 2 aliphatic heterocycles. The van der Waals surface area contributed by atoms with Crippen LogP contribution in [0.1, 0.15) is 47.9 Å². The number of likely N-dealkylation sites (tertiary alicyclic amines) is 2. The number of halogens is 1. The lowest BCUT2D eigenvalue weighted by Gasteiger charge is -2.39. The fourth-order valence-electron chi connectivity index (χ4n) is 7.96. The fraction of sp³-hybridized carbons (Fsp3) is 0.350. The summed E-state index contributed by atoms with van der Waals surface area (Å²) in [5, 5.41) is 24.7. The van der Waals surface area contributed by atoms with Crippen LogP contribution in [0.3, 0.4) is 0 Å². The van der Waals surface area contributed by atoms with Gasteiger partial charge in [-0.3, -0.25) is 19.6 Å². The van der Waals surface area contributed by atoms with E-state index in [1.807, 2.05) is 36.5 Å². The third kappa shape index (κ3) is 6.42. The lowest BCUT2D eigenvalue weighted by atomic mass is 9.73. The molecule has 11 heteroatoms. The van der Waals surface area contributed by atoms with Gasteiger partial charge in [0.05, 0.1) is 17.0 Å². The van der Waals surface area contributed by atoms with E-state index in [0.717, 1.165) is 59.2 Å². The van der Waals surface area contributed by atoms with E-state index in [4.69, 9.17) is 31.0 Å². The van der Waals surface area contributed by atoms with Gasteiger partial charge >= 0.3 is 5.97 Å². The molecule has 3 N–H and O–H groups in total. The minimum absolute atomic E-state index is 0.162. The molecule has 0 radical (unpaired) electrons. The Morgan fingerprint density at radius 2 is 1.86 bits per heavy atom. The van der Waals surface area contributed by atoms with Crippen LogP contribution in [0.15, 0.2) is 83.6 Å². The number of aromatic nitrogens is 3. The molecule has 0 amide bonds. The molecule has 2 saturated heterocycles. The number of carbonyl (C=O) groups is 1. The number of aliphatic hydroxyl groups excluding tert-OH is 1. The molecular formula is C40H41ClN6O4. The Kier molecular flexibility index (Phi) is 8.88. The van der Waals surface area contributed by atoms with E-state index < -0.39 is 11.5 Å². The number of aryl methyl sites for hydroxylation is 1. The number of allylic oxidation sites excluding steroid dienone is 2. The van der Waals surface area contributed by atoms with Crippen LogP contribution >= 0.6 is 11.6 Å². The quantitative estimate of drug-likeness (QED) is 0.151. The summed E-state index contributed by atoms with van der Waals surface area (Å²) in [5.74, 6) is -0.209. The second-order valence-corrected chi connectivity index (χ2v) is 14.7. The maximum Gasteiger partial charge on any atom is 0.307 e. The number of benzene rings is 2. The number of anilines is 1. The number of carboxylic acid groups (broad SMARTS) is 1. The standard InChI is InChI=1S/C40H41ClN6O4/c1-24-6-3-4-7-31(24)32-8-5-12-40(25(32)2,45-37-35-28(9-13-42-37)16-27(19-43-35)21-47-15-11-30(48)23-47)39-44-34-18-26(17-33(41)36(34)51-39)20-46-14-10-29(22-46)38(49)50/h3-9,12-13,16-19,25,29-30,48H,10-11,14-15,20-23H2,1-2H3,(H,42,45)(H,49,50)/t25?,29-,30+,40?/m0/s1. The second kappa shape index (κ2) is 13.5. The van der Waals surface area contributed by atoms with Crippen LogP contribution in [-0.2, 0) is 23.4 Å². The number of aliphatic carboxylic acids is 1. The summed E-state index contributed by atoms with van der Waals surface area (Å²) in [6.07, 6.45) is 11.1. The summed E-state index contributed by atoms with van der Waals surface area (Å²) in [4.78, 5) is 30.8. The van der Waals surface area contributed by atoms with Gasteiger partial charge in [0.15, 0.2) is 11.4 Å². The zero-order valence-electron chi connectivity index (χ0n) is 28.7. The zero-order valence-corrected chi connectivity index (χ0v) is 29.5. The van der Waals surface area contributed by atoms with Gasteiger partial charge in [0.25, 0.3) is 0 Å². The highest BCUT2D eigenvalue weighted by Crippen LogP contribution is 2.46. The van der Waals surface area contributed by atoms with Crippen LogP contribution in [0, 0.1) is 18.8 Å². The smallest absolute Gasteiger partial charge is 0.307 e. The number of hydrogen-bond acceptors (Lipinski definition) is 9. The van der Waals surface area contributed by atoms with Gasteiger partial charge in [0.2, 0.25) is 5.89 Å². The van der Waals surface area contributed by atoms with E-state index >= 15 is 0 Å². The maximum absolute atomic E-state index is 11.6. The number of nitrogens with zero attached hydrogens (tertiary/aromatic N) is 5. The Balaban J connectivity index is 1.18. The molecule has 2 unspecified atom stereocenters. The van der Waals surface area contributed by atoms with Crippen molar-refractivity contribution in [2.45, 2.75) is 51.4 Å². The Labute approximate surface area is 301 Å². The van der Waals surface area contributed by atoms with Crippen molar-refractivity contribution in [3.05, 3.63) is 112 Å². The summed E-state index contributed by atoms with van der Waals surface area (Å²) in [5.41, 5.74) is 6.36. The molecule has 1 aliphatic carbocycles. The Hall–Kier alpha value is -4.61. The van der Waals surface area contributed by atoms with Crippen molar-refractivity contribution in [1.82, 2.24) is 24.8 Å². The molecule has 0 spiro atoms. The van der Waals surface area contributed by atoms with Gasteiger partial charge in [-0.1, -0.05) is 54.9 Å². The highest BCUT2D eigenvalue weighted by atomic mass is 35.5. The van der Waals surface area contributed by atoms with Gasteiger partial charge in [0.1, 0.15) is 16.6 Å². The van der Waals surface area contributed by atoms with Crippen molar-refractivity contribution in [2.75, 3.05) is 31.5 Å². The molecule has 10 nitrogen and oxygen atoms in total. The number of oxazole rings is 1. The number of pyridine rings is 2. The van der Waals surface area contributed by atoms with Gasteiger partial charge in [-0.15, -0.1) is 0 Å². The van der Waals surface area contributed by atoms with Crippen LogP contribution in [0.2, 0.25) is 5.02 Å². The maximum atomic E-state index is 11.6. The first-order chi connectivity index (χ1) is 24.7. The molecular weight excluding hydrogens is 664 g/mol. The highest BCUT2D eigenvalue weighted by Gasteiger charge is 2.45. The molecule has 0 bridgehead atoms. The molecule has 51 heavy (non-hydrogen) atoms. The zero-order chi connectivity index (χ0) is 35.3. The number of β-amino-alcohol motifs (C(OH)–C–C–N with tert-alkyl or cyclic N) is 1.